The van der Waals surface area contributed by atoms with E-state index in [1.807, 2.05) is 6.92 Å². The summed E-state index contributed by atoms with van der Waals surface area (Å²) in [5.41, 5.74) is 0.602. The van der Waals surface area contributed by atoms with Gasteiger partial charge in [0.1, 0.15) is 4.90 Å². The third kappa shape index (κ3) is 3.52. The summed E-state index contributed by atoms with van der Waals surface area (Å²) < 4.78 is 29.3. The highest BCUT2D eigenvalue weighted by Crippen LogP contribution is 2.19. The molecular weight excluding hydrogens is 342 g/mol. The maximum atomic E-state index is 12.6. The van der Waals surface area contributed by atoms with Crippen molar-refractivity contribution in [2.24, 2.45) is 7.05 Å². The van der Waals surface area contributed by atoms with E-state index < -0.39 is 16.1 Å². The highest BCUT2D eigenvalue weighted by atomic mass is 32.2. The first-order valence-electron chi connectivity index (χ1n) is 8.40. The molecule has 0 bridgehead atoms. The number of aromatic nitrogens is 3. The van der Waals surface area contributed by atoms with Crippen molar-refractivity contribution in [1.82, 2.24) is 24.4 Å². The molecule has 8 nitrogen and oxygen atoms in total. The summed E-state index contributed by atoms with van der Waals surface area (Å²) in [6.07, 6.45) is 5.85. The summed E-state index contributed by atoms with van der Waals surface area (Å²) in [6, 6.07) is 0.829. The third-order valence-corrected chi connectivity index (χ3v) is 6.15. The predicted molar refractivity (Wildman–Crippen MR) is 93.3 cm³/mol. The van der Waals surface area contributed by atoms with Crippen molar-refractivity contribution in [3.63, 3.8) is 0 Å². The number of likely N-dealkylation sites (tertiary alicyclic amines) is 1. The van der Waals surface area contributed by atoms with Crippen LogP contribution in [-0.2, 0) is 21.9 Å². The molecule has 0 spiro atoms. The van der Waals surface area contributed by atoms with Gasteiger partial charge < -0.3 is 4.90 Å². The summed E-state index contributed by atoms with van der Waals surface area (Å²) in [6.45, 7) is 4.26. The molecule has 1 fully saturated rings. The number of nitrogens with one attached hydrogen (secondary N) is 1. The number of sulfonamides is 1. The zero-order valence-corrected chi connectivity index (χ0v) is 15.5. The van der Waals surface area contributed by atoms with Crippen LogP contribution in [0.4, 0.5) is 0 Å². The molecule has 0 saturated carbocycles. The Morgan fingerprint density at radius 2 is 2.12 bits per heavy atom. The van der Waals surface area contributed by atoms with Crippen molar-refractivity contribution < 1.29 is 13.2 Å². The maximum Gasteiger partial charge on any atom is 0.242 e. The Morgan fingerprint density at radius 3 is 2.84 bits per heavy atom. The van der Waals surface area contributed by atoms with E-state index in [4.69, 9.17) is 0 Å². The third-order valence-electron chi connectivity index (χ3n) is 4.65. The smallest absolute Gasteiger partial charge is 0.242 e. The van der Waals surface area contributed by atoms with Gasteiger partial charge in [0.2, 0.25) is 15.9 Å². The van der Waals surface area contributed by atoms with Crippen molar-refractivity contribution in [3.8, 4) is 0 Å². The Labute approximate surface area is 147 Å². The maximum absolute atomic E-state index is 12.6. The lowest BCUT2D eigenvalue weighted by molar-refractivity contribution is -0.135. The molecule has 25 heavy (non-hydrogen) atoms. The summed E-state index contributed by atoms with van der Waals surface area (Å²) in [5.74, 6) is -0.189. The average molecular weight is 365 g/mol. The van der Waals surface area contributed by atoms with Crippen molar-refractivity contribution in [2.45, 2.75) is 50.1 Å². The molecule has 1 N–H and O–H groups in total. The van der Waals surface area contributed by atoms with Crippen LogP contribution in [0.5, 0.6) is 0 Å². The molecule has 2 atom stereocenters. The van der Waals surface area contributed by atoms with Gasteiger partial charge in [-0.15, -0.1) is 0 Å². The van der Waals surface area contributed by atoms with E-state index in [0.717, 1.165) is 19.3 Å². The molecule has 3 heterocycles. The first-order valence-corrected chi connectivity index (χ1v) is 9.88. The Morgan fingerprint density at radius 1 is 1.36 bits per heavy atom. The van der Waals surface area contributed by atoms with Crippen LogP contribution in [-0.4, -0.2) is 52.6 Å². The molecule has 3 rings (SSSR count). The molecule has 0 radical (unpaired) electrons. The van der Waals surface area contributed by atoms with Gasteiger partial charge in [-0.25, -0.2) is 13.4 Å². The van der Waals surface area contributed by atoms with Crippen LogP contribution in [0.15, 0.2) is 23.4 Å². The monoisotopic (exact) mass is 365 g/mol. The molecule has 1 aliphatic heterocycles. The largest absolute Gasteiger partial charge is 0.339 e. The molecule has 2 aromatic heterocycles. The number of amides is 1. The van der Waals surface area contributed by atoms with E-state index in [0.29, 0.717) is 17.6 Å². The molecule has 0 unspecified atom stereocenters. The fourth-order valence-corrected chi connectivity index (χ4v) is 4.37. The van der Waals surface area contributed by atoms with Gasteiger partial charge in [-0.2, -0.15) is 9.82 Å². The number of aryl methyl sites for hydroxylation is 1. The second-order valence-corrected chi connectivity index (χ2v) is 8.29. The summed E-state index contributed by atoms with van der Waals surface area (Å²) in [5, 5.41) is 4.69. The molecule has 9 heteroatoms. The van der Waals surface area contributed by atoms with Gasteiger partial charge in [-0.3, -0.25) is 9.48 Å². The van der Waals surface area contributed by atoms with Crippen molar-refractivity contribution in [1.29, 1.82) is 0 Å². The number of fused-ring (bicyclic) bond motifs is 1. The van der Waals surface area contributed by atoms with Crippen molar-refractivity contribution >= 4 is 27.0 Å². The average Bonchev–Trinajstić information content (AvgIpc) is 2.95. The van der Waals surface area contributed by atoms with Gasteiger partial charge >= 0.3 is 0 Å². The minimum absolute atomic E-state index is 0.0272. The number of pyridine rings is 1. The first kappa shape index (κ1) is 17.8. The number of piperidine rings is 1. The van der Waals surface area contributed by atoms with Crippen LogP contribution >= 0.6 is 0 Å². The van der Waals surface area contributed by atoms with Gasteiger partial charge in [0, 0.05) is 31.2 Å². The van der Waals surface area contributed by atoms with Gasteiger partial charge in [0.25, 0.3) is 0 Å². The van der Waals surface area contributed by atoms with Crippen LogP contribution in [0.3, 0.4) is 0 Å². The second-order valence-electron chi connectivity index (χ2n) is 6.57. The minimum Gasteiger partial charge on any atom is -0.339 e. The Kier molecular flexibility index (Phi) is 4.79. The number of hydrogen-bond donors (Lipinski definition) is 1. The number of carbonyl (C=O) groups is 1. The van der Waals surface area contributed by atoms with E-state index in [-0.39, 0.29) is 16.8 Å². The lowest BCUT2D eigenvalue weighted by Gasteiger charge is -2.35. The molecule has 1 aliphatic rings. The fourth-order valence-electron chi connectivity index (χ4n) is 3.20. The van der Waals surface area contributed by atoms with Crippen LogP contribution in [0, 0.1) is 0 Å². The first-order chi connectivity index (χ1) is 11.8. The van der Waals surface area contributed by atoms with E-state index in [9.17, 15) is 13.2 Å². The Hall–Kier alpha value is -2.00. The van der Waals surface area contributed by atoms with Crippen molar-refractivity contribution in [3.05, 3.63) is 18.5 Å². The number of nitrogens with zero attached hydrogens (tertiary/aromatic N) is 4. The molecule has 2 aromatic rings. The summed E-state index contributed by atoms with van der Waals surface area (Å²) >= 11 is 0. The number of hydrogen-bond acceptors (Lipinski definition) is 5. The van der Waals surface area contributed by atoms with E-state index in [2.05, 4.69) is 14.8 Å². The zero-order chi connectivity index (χ0) is 18.2. The molecule has 0 aromatic carbocycles. The van der Waals surface area contributed by atoms with Crippen LogP contribution in [0.25, 0.3) is 11.0 Å². The lowest BCUT2D eigenvalue weighted by atomic mass is 10.0. The van der Waals surface area contributed by atoms with Gasteiger partial charge in [-0.1, -0.05) is 0 Å². The highest BCUT2D eigenvalue weighted by molar-refractivity contribution is 7.89. The van der Waals surface area contributed by atoms with Crippen LogP contribution in [0.2, 0.25) is 0 Å². The van der Waals surface area contributed by atoms with E-state index >= 15 is 0 Å². The molecular formula is C16H23N5O3S. The SMILES string of the molecule is C[C@H](NS(=O)(=O)c1cnc2c(cnn2C)c1)C(=O)N1CCCC[C@H]1C. The molecule has 136 valence electrons. The van der Waals surface area contributed by atoms with Gasteiger partial charge in [-0.05, 0) is 39.2 Å². The normalized spacial score (nSPS) is 20.0. The minimum atomic E-state index is -3.84. The fraction of sp³-hybridized carbons (Fsp3) is 0.562. The number of rotatable bonds is 4. The lowest BCUT2D eigenvalue weighted by Crippen LogP contribution is -2.51. The van der Waals surface area contributed by atoms with E-state index in [1.54, 1.807) is 29.7 Å². The van der Waals surface area contributed by atoms with Gasteiger partial charge in [0.05, 0.1) is 12.2 Å². The molecule has 0 aliphatic carbocycles. The van der Waals surface area contributed by atoms with Crippen LogP contribution in [0.1, 0.15) is 33.1 Å². The number of carbonyl (C=O) groups excluding carboxylic acids is 1. The standard InChI is InChI=1S/C16H23N5O3S/c1-11-6-4-5-7-21(11)16(22)12(2)19-25(23,24)14-8-13-9-18-20(3)15(13)17-10-14/h8-12,19H,4-7H2,1-3H3/t11-,12+/m1/s1. The van der Waals surface area contributed by atoms with E-state index in [1.165, 1.54) is 12.3 Å². The topological polar surface area (TPSA) is 97.2 Å². The van der Waals surface area contributed by atoms with Crippen molar-refractivity contribution in [2.75, 3.05) is 6.54 Å². The quantitative estimate of drug-likeness (QED) is 0.873. The summed E-state index contributed by atoms with van der Waals surface area (Å²) in [4.78, 5) is 18.5. The van der Waals surface area contributed by atoms with Crippen LogP contribution < -0.4 is 4.72 Å². The molecule has 1 saturated heterocycles. The Balaban J connectivity index is 1.78. The second kappa shape index (κ2) is 6.72. The summed E-state index contributed by atoms with van der Waals surface area (Å²) in [7, 11) is -2.10. The zero-order valence-electron chi connectivity index (χ0n) is 14.6. The molecule has 1 amide bonds. The predicted octanol–water partition coefficient (Wildman–Crippen LogP) is 1.04. The highest BCUT2D eigenvalue weighted by Gasteiger charge is 2.30. The van der Waals surface area contributed by atoms with Gasteiger partial charge in [0.15, 0.2) is 5.65 Å². The Bertz CT molecular complexity index is 892.